The van der Waals surface area contributed by atoms with Gasteiger partial charge in [0.1, 0.15) is 0 Å². The van der Waals surface area contributed by atoms with Crippen molar-refractivity contribution in [3.63, 3.8) is 0 Å². The van der Waals surface area contributed by atoms with E-state index in [0.717, 1.165) is 22.3 Å². The molecule has 0 aliphatic carbocycles. The van der Waals surface area contributed by atoms with E-state index in [4.69, 9.17) is 0 Å². The molecule has 2 nitrogen and oxygen atoms in total. The third kappa shape index (κ3) is 3.57. The monoisotopic (exact) mass is 362 g/mol. The van der Waals surface area contributed by atoms with Gasteiger partial charge in [0.15, 0.2) is 7.14 Å². The summed E-state index contributed by atoms with van der Waals surface area (Å²) in [6.45, 7) is 5.85. The maximum absolute atomic E-state index is 14.1. The second kappa shape index (κ2) is 7.43. The fraction of sp³-hybridized carbons (Fsp3) is 0.174. The Morgan fingerprint density at radius 2 is 1.31 bits per heavy atom. The zero-order valence-corrected chi connectivity index (χ0v) is 16.3. The fourth-order valence-electron chi connectivity index (χ4n) is 3.49. The minimum absolute atomic E-state index is 0.240. The highest BCUT2D eigenvalue weighted by atomic mass is 31.2. The molecule has 0 spiro atoms. The van der Waals surface area contributed by atoms with Crippen LogP contribution in [-0.4, -0.2) is 5.52 Å². The topological polar surface area (TPSA) is 34.1 Å². The minimum atomic E-state index is -3.31. The smallest absolute Gasteiger partial charge is 0.226 e. The summed E-state index contributed by atoms with van der Waals surface area (Å²) in [5.41, 5.74) is 4.14. The average molecular weight is 362 g/mol. The first-order valence-electron chi connectivity index (χ1n) is 8.73. The predicted molar refractivity (Wildman–Crippen MR) is 109 cm³/mol. The van der Waals surface area contributed by atoms with Crippen LogP contribution in [0, 0.1) is 20.8 Å². The van der Waals surface area contributed by atoms with E-state index < -0.39 is 7.14 Å². The Balaban J connectivity index is 2.16. The molecule has 0 aliphatic heterocycles. The van der Waals surface area contributed by atoms with E-state index >= 15 is 0 Å². The molecule has 0 saturated carbocycles. The van der Waals surface area contributed by atoms with Crippen LogP contribution in [0.15, 0.2) is 72.8 Å². The van der Waals surface area contributed by atoms with Gasteiger partial charge in [-0.3, -0.25) is 4.79 Å². The summed E-state index contributed by atoms with van der Waals surface area (Å²) in [4.78, 5) is 13.6. The molecule has 0 fully saturated rings. The van der Waals surface area contributed by atoms with Crippen LogP contribution in [0.2, 0.25) is 0 Å². The first-order chi connectivity index (χ1) is 12.4. The normalized spacial score (nSPS) is 13.2. The lowest BCUT2D eigenvalue weighted by atomic mass is 10.0. The van der Waals surface area contributed by atoms with Crippen molar-refractivity contribution in [1.82, 2.24) is 0 Å². The highest BCUT2D eigenvalue weighted by Gasteiger charge is 2.36. The van der Waals surface area contributed by atoms with Crippen molar-refractivity contribution < 1.29 is 9.36 Å². The number of carbonyl (C=O) groups is 1. The van der Waals surface area contributed by atoms with Gasteiger partial charge in [0.25, 0.3) is 0 Å². The number of rotatable bonds is 5. The number of carbonyl (C=O) groups excluding carboxylic acids is 1. The van der Waals surface area contributed by atoms with Crippen molar-refractivity contribution in [2.75, 3.05) is 0 Å². The first-order valence-corrected chi connectivity index (χ1v) is 10.6. The zero-order chi connectivity index (χ0) is 18.7. The van der Waals surface area contributed by atoms with Crippen molar-refractivity contribution in [1.29, 1.82) is 0 Å². The molecule has 3 rings (SSSR count). The second-order valence-electron chi connectivity index (χ2n) is 6.80. The maximum atomic E-state index is 14.1. The molecular weight excluding hydrogens is 339 g/mol. The minimum Gasteiger partial charge on any atom is -0.310 e. The van der Waals surface area contributed by atoms with Crippen molar-refractivity contribution in [3.05, 3.63) is 101 Å². The van der Waals surface area contributed by atoms with Gasteiger partial charge in [-0.2, -0.15) is 0 Å². The van der Waals surface area contributed by atoms with Gasteiger partial charge in [-0.1, -0.05) is 78.4 Å². The predicted octanol–water partition coefficient (Wildman–Crippen LogP) is 5.64. The third-order valence-corrected chi connectivity index (χ3v) is 7.46. The lowest BCUT2D eigenvalue weighted by Gasteiger charge is -2.20. The molecule has 3 heteroatoms. The maximum Gasteiger partial charge on any atom is 0.226 e. The van der Waals surface area contributed by atoms with Crippen LogP contribution >= 0.6 is 7.14 Å². The summed E-state index contributed by atoms with van der Waals surface area (Å²) in [5, 5.41) is 0.619. The Morgan fingerprint density at radius 3 is 1.85 bits per heavy atom. The summed E-state index contributed by atoms with van der Waals surface area (Å²) in [5.74, 6) is 0. The van der Waals surface area contributed by atoms with Gasteiger partial charge in [0.2, 0.25) is 5.52 Å². The molecule has 0 aliphatic rings. The van der Waals surface area contributed by atoms with Crippen LogP contribution < -0.4 is 5.30 Å². The first kappa shape index (κ1) is 18.4. The Labute approximate surface area is 155 Å². The van der Waals surface area contributed by atoms with Gasteiger partial charge in [0, 0.05) is 17.0 Å². The average Bonchev–Trinajstić information content (AvgIpc) is 2.62. The summed E-state index contributed by atoms with van der Waals surface area (Å²) in [6, 6.07) is 22.8. The van der Waals surface area contributed by atoms with Crippen molar-refractivity contribution in [2.45, 2.75) is 26.9 Å². The van der Waals surface area contributed by atoms with Crippen LogP contribution in [0.1, 0.15) is 32.6 Å². The molecule has 3 aromatic carbocycles. The number of hydrogen-bond acceptors (Lipinski definition) is 2. The lowest BCUT2D eigenvalue weighted by molar-refractivity contribution is 0.107. The summed E-state index contributed by atoms with van der Waals surface area (Å²) in [6.07, 6.45) is 0.240. The largest absolute Gasteiger partial charge is 0.310 e. The van der Waals surface area contributed by atoms with Gasteiger partial charge in [-0.25, -0.2) is 0 Å². The summed E-state index contributed by atoms with van der Waals surface area (Å²) in [7, 11) is -3.31. The van der Waals surface area contributed by atoms with E-state index in [0.29, 0.717) is 10.9 Å². The zero-order valence-electron chi connectivity index (χ0n) is 15.4. The fourth-order valence-corrected chi connectivity index (χ4v) is 6.14. The summed E-state index contributed by atoms with van der Waals surface area (Å²) >= 11 is 0. The molecule has 0 bridgehead atoms. The Bertz CT molecular complexity index is 953. The molecule has 0 radical (unpaired) electrons. The van der Waals surface area contributed by atoms with E-state index in [1.807, 2.05) is 81.4 Å². The SMILES string of the molecule is Cc1cc(C)c(C(=O)P(=O)(Cc2ccccc2)c2ccccc2)c(C)c1. The standard InChI is InChI=1S/C23H23O2P/c1-17-14-18(2)22(19(3)15-17)23(24)26(25,21-12-8-5-9-13-21)16-20-10-6-4-7-11-20/h4-15H,16H2,1-3H3. The molecule has 132 valence electrons. The van der Waals surface area contributed by atoms with Crippen molar-refractivity contribution >= 4 is 18.0 Å². The molecule has 0 heterocycles. The van der Waals surface area contributed by atoms with E-state index in [-0.39, 0.29) is 11.7 Å². The number of benzene rings is 3. The van der Waals surface area contributed by atoms with E-state index in [9.17, 15) is 9.36 Å². The molecule has 0 amide bonds. The summed E-state index contributed by atoms with van der Waals surface area (Å²) < 4.78 is 14.1. The van der Waals surface area contributed by atoms with E-state index in [2.05, 4.69) is 0 Å². The highest BCUT2D eigenvalue weighted by molar-refractivity contribution is 7.86. The molecule has 0 saturated heterocycles. The molecule has 1 unspecified atom stereocenters. The van der Waals surface area contributed by atoms with E-state index in [1.165, 1.54) is 0 Å². The quantitative estimate of drug-likeness (QED) is 0.550. The molecule has 1 atom stereocenters. The van der Waals surface area contributed by atoms with Gasteiger partial charge in [-0.15, -0.1) is 0 Å². The van der Waals surface area contributed by atoms with Crippen molar-refractivity contribution in [2.24, 2.45) is 0 Å². The van der Waals surface area contributed by atoms with E-state index in [1.54, 1.807) is 12.1 Å². The van der Waals surface area contributed by atoms with Gasteiger partial charge < -0.3 is 4.57 Å². The molecule has 0 N–H and O–H groups in total. The highest BCUT2D eigenvalue weighted by Crippen LogP contribution is 2.51. The van der Waals surface area contributed by atoms with Gasteiger partial charge in [-0.05, 0) is 37.5 Å². The van der Waals surface area contributed by atoms with Crippen LogP contribution in [0.25, 0.3) is 0 Å². The van der Waals surface area contributed by atoms with Crippen LogP contribution in [0.4, 0.5) is 0 Å². The Morgan fingerprint density at radius 1 is 0.808 bits per heavy atom. The molecular formula is C23H23O2P. The lowest BCUT2D eigenvalue weighted by Crippen LogP contribution is -2.17. The van der Waals surface area contributed by atoms with Gasteiger partial charge in [0.05, 0.1) is 0 Å². The Hall–Kier alpha value is -2.44. The Kier molecular flexibility index (Phi) is 5.25. The van der Waals surface area contributed by atoms with Crippen LogP contribution in [-0.2, 0) is 10.7 Å². The molecule has 3 aromatic rings. The third-order valence-electron chi connectivity index (χ3n) is 4.64. The number of aryl methyl sites for hydroxylation is 3. The van der Waals surface area contributed by atoms with Crippen molar-refractivity contribution in [3.8, 4) is 0 Å². The van der Waals surface area contributed by atoms with Gasteiger partial charge >= 0.3 is 0 Å². The van der Waals surface area contributed by atoms with Crippen LogP contribution in [0.5, 0.6) is 0 Å². The number of hydrogen-bond donors (Lipinski definition) is 0. The van der Waals surface area contributed by atoms with Crippen LogP contribution in [0.3, 0.4) is 0 Å². The second-order valence-corrected chi connectivity index (χ2v) is 9.52. The molecule has 0 aromatic heterocycles. The molecule has 26 heavy (non-hydrogen) atoms.